The molecule has 0 radical (unpaired) electrons. The van der Waals surface area contributed by atoms with Crippen LogP contribution in [0.3, 0.4) is 0 Å². The van der Waals surface area contributed by atoms with Gasteiger partial charge in [0.15, 0.2) is 0 Å². The molecule has 0 spiro atoms. The largest absolute Gasteiger partial charge is 0.385 e. The third-order valence-corrected chi connectivity index (χ3v) is 2.03. The summed E-state index contributed by atoms with van der Waals surface area (Å²) in [4.78, 5) is 0. The highest BCUT2D eigenvalue weighted by molar-refractivity contribution is 6.31. The van der Waals surface area contributed by atoms with Crippen LogP contribution < -0.4 is 5.32 Å². The van der Waals surface area contributed by atoms with Crippen molar-refractivity contribution in [3.63, 3.8) is 0 Å². The summed E-state index contributed by atoms with van der Waals surface area (Å²) in [7, 11) is 0. The fourth-order valence-electron chi connectivity index (χ4n) is 0.729. The second kappa shape index (κ2) is 2.44. The van der Waals surface area contributed by atoms with Crippen molar-refractivity contribution in [3.8, 4) is 0 Å². The van der Waals surface area contributed by atoms with Crippen molar-refractivity contribution >= 4 is 11.6 Å². The molecule has 0 saturated carbocycles. The summed E-state index contributed by atoms with van der Waals surface area (Å²) in [5.74, 6) is 0. The van der Waals surface area contributed by atoms with Gasteiger partial charge in [-0.05, 0) is 31.7 Å². The maximum absolute atomic E-state index is 5.81. The monoisotopic (exact) mass is 143 g/mol. The maximum atomic E-state index is 5.81. The lowest BCUT2D eigenvalue weighted by molar-refractivity contribution is 0.715. The van der Waals surface area contributed by atoms with Crippen LogP contribution in [-0.2, 0) is 0 Å². The van der Waals surface area contributed by atoms with E-state index in [1.165, 1.54) is 5.57 Å². The molecule has 0 aliphatic carbocycles. The van der Waals surface area contributed by atoms with E-state index in [1.807, 2.05) is 19.2 Å². The molecule has 1 atom stereocenters. The number of dihydropyridines is 1. The summed E-state index contributed by atoms with van der Waals surface area (Å²) in [5, 5.41) is 4.00. The van der Waals surface area contributed by atoms with Gasteiger partial charge in [0.2, 0.25) is 0 Å². The van der Waals surface area contributed by atoms with E-state index < -0.39 is 0 Å². The molecule has 1 unspecified atom stereocenters. The van der Waals surface area contributed by atoms with E-state index in [9.17, 15) is 0 Å². The van der Waals surface area contributed by atoms with Gasteiger partial charge in [-0.25, -0.2) is 0 Å². The molecule has 2 heteroatoms. The van der Waals surface area contributed by atoms with Gasteiger partial charge in [-0.1, -0.05) is 11.6 Å². The molecule has 50 valence electrons. The van der Waals surface area contributed by atoms with Crippen LogP contribution in [0.15, 0.2) is 22.9 Å². The van der Waals surface area contributed by atoms with Crippen LogP contribution in [-0.4, -0.2) is 6.04 Å². The number of nitrogens with one attached hydrogen (secondary N) is 1. The molecule has 1 aliphatic rings. The molecule has 0 saturated heterocycles. The minimum atomic E-state index is 0.391. The normalized spacial score (nSPS) is 26.3. The van der Waals surface area contributed by atoms with Crippen LogP contribution in [0.1, 0.15) is 13.8 Å². The quantitative estimate of drug-likeness (QED) is 0.547. The molecule has 0 fully saturated rings. The van der Waals surface area contributed by atoms with Crippen LogP contribution in [0.5, 0.6) is 0 Å². The molecule has 9 heavy (non-hydrogen) atoms. The van der Waals surface area contributed by atoms with E-state index in [-0.39, 0.29) is 0 Å². The SMILES string of the molecule is CC1=C(Cl)C=CNC1C. The fraction of sp³-hybridized carbons (Fsp3) is 0.429. The smallest absolute Gasteiger partial charge is 0.0454 e. The summed E-state index contributed by atoms with van der Waals surface area (Å²) < 4.78 is 0. The topological polar surface area (TPSA) is 12.0 Å². The van der Waals surface area contributed by atoms with Gasteiger partial charge in [0.25, 0.3) is 0 Å². The standard InChI is InChI=1S/C7H10ClN/c1-5-6(2)9-4-3-7(5)8/h3-4,6,9H,1-2H3. The van der Waals surface area contributed by atoms with Gasteiger partial charge in [0.05, 0.1) is 0 Å². The third kappa shape index (κ3) is 1.28. The predicted molar refractivity (Wildman–Crippen MR) is 40.3 cm³/mol. The third-order valence-electron chi connectivity index (χ3n) is 1.60. The lowest BCUT2D eigenvalue weighted by Crippen LogP contribution is -2.24. The Labute approximate surface area is 60.4 Å². The zero-order valence-electron chi connectivity index (χ0n) is 5.61. The van der Waals surface area contributed by atoms with Gasteiger partial charge >= 0.3 is 0 Å². The Bertz CT molecular complexity index is 170. The highest BCUT2D eigenvalue weighted by Crippen LogP contribution is 2.16. The summed E-state index contributed by atoms with van der Waals surface area (Å²) in [6.45, 7) is 4.12. The minimum absolute atomic E-state index is 0.391. The van der Waals surface area contributed by atoms with E-state index in [4.69, 9.17) is 11.6 Å². The summed E-state index contributed by atoms with van der Waals surface area (Å²) in [5.41, 5.74) is 1.21. The van der Waals surface area contributed by atoms with Crippen molar-refractivity contribution in [2.24, 2.45) is 0 Å². The molecule has 1 N–H and O–H groups in total. The van der Waals surface area contributed by atoms with E-state index in [1.54, 1.807) is 0 Å². The number of hydrogen-bond donors (Lipinski definition) is 1. The average Bonchev–Trinajstić information content (AvgIpc) is 1.83. The molecule has 0 aromatic heterocycles. The van der Waals surface area contributed by atoms with Crippen molar-refractivity contribution in [1.82, 2.24) is 5.32 Å². The van der Waals surface area contributed by atoms with Gasteiger partial charge < -0.3 is 5.32 Å². The first-order valence-electron chi connectivity index (χ1n) is 3.00. The Morgan fingerprint density at radius 3 is 2.78 bits per heavy atom. The second-order valence-corrected chi connectivity index (χ2v) is 2.66. The maximum Gasteiger partial charge on any atom is 0.0454 e. The van der Waals surface area contributed by atoms with Gasteiger partial charge in [0.1, 0.15) is 0 Å². The lowest BCUT2D eigenvalue weighted by atomic mass is 10.1. The molecule has 1 rings (SSSR count). The van der Waals surface area contributed by atoms with Crippen molar-refractivity contribution in [2.75, 3.05) is 0 Å². The Kier molecular flexibility index (Phi) is 1.81. The molecule has 1 nitrogen and oxygen atoms in total. The molecule has 0 aromatic carbocycles. The van der Waals surface area contributed by atoms with E-state index >= 15 is 0 Å². The number of allylic oxidation sites excluding steroid dienone is 2. The van der Waals surface area contributed by atoms with Gasteiger partial charge in [-0.15, -0.1) is 0 Å². The van der Waals surface area contributed by atoms with Crippen LogP contribution in [0.25, 0.3) is 0 Å². The van der Waals surface area contributed by atoms with Crippen LogP contribution in [0.2, 0.25) is 0 Å². The minimum Gasteiger partial charge on any atom is -0.385 e. The first-order valence-corrected chi connectivity index (χ1v) is 3.38. The van der Waals surface area contributed by atoms with Gasteiger partial charge in [-0.2, -0.15) is 0 Å². The first kappa shape index (κ1) is 6.69. The van der Waals surface area contributed by atoms with Gasteiger partial charge in [-0.3, -0.25) is 0 Å². The number of rotatable bonds is 0. The summed E-state index contributed by atoms with van der Waals surface area (Å²) in [6, 6.07) is 0.391. The zero-order valence-corrected chi connectivity index (χ0v) is 6.37. The lowest BCUT2D eigenvalue weighted by Gasteiger charge is -2.17. The number of halogens is 1. The highest BCUT2D eigenvalue weighted by atomic mass is 35.5. The highest BCUT2D eigenvalue weighted by Gasteiger charge is 2.07. The average molecular weight is 144 g/mol. The van der Waals surface area contributed by atoms with Crippen molar-refractivity contribution < 1.29 is 0 Å². The molecule has 0 bridgehead atoms. The Hall–Kier alpha value is -0.430. The zero-order chi connectivity index (χ0) is 6.85. The summed E-state index contributed by atoms with van der Waals surface area (Å²) >= 11 is 5.81. The molecular formula is C7H10ClN. The summed E-state index contributed by atoms with van der Waals surface area (Å²) in [6.07, 6.45) is 3.75. The van der Waals surface area contributed by atoms with E-state index in [0.29, 0.717) is 6.04 Å². The number of hydrogen-bond acceptors (Lipinski definition) is 1. The van der Waals surface area contributed by atoms with Gasteiger partial charge in [0, 0.05) is 11.1 Å². The predicted octanol–water partition coefficient (Wildman–Crippen LogP) is 2.00. The first-order chi connectivity index (χ1) is 4.22. The van der Waals surface area contributed by atoms with Crippen LogP contribution in [0.4, 0.5) is 0 Å². The van der Waals surface area contributed by atoms with Crippen molar-refractivity contribution in [3.05, 3.63) is 22.9 Å². The molecule has 0 aromatic rings. The van der Waals surface area contributed by atoms with Crippen LogP contribution in [0, 0.1) is 0 Å². The van der Waals surface area contributed by atoms with Crippen molar-refractivity contribution in [1.29, 1.82) is 0 Å². The van der Waals surface area contributed by atoms with Crippen LogP contribution >= 0.6 is 11.6 Å². The second-order valence-electron chi connectivity index (χ2n) is 2.25. The molecule has 0 amide bonds. The Morgan fingerprint density at radius 2 is 2.33 bits per heavy atom. The Balaban J connectivity index is 2.83. The molecular weight excluding hydrogens is 134 g/mol. The molecule has 1 heterocycles. The fourth-order valence-corrected chi connectivity index (χ4v) is 0.956. The Morgan fingerprint density at radius 1 is 1.67 bits per heavy atom. The molecule has 1 aliphatic heterocycles. The van der Waals surface area contributed by atoms with Crippen molar-refractivity contribution in [2.45, 2.75) is 19.9 Å². The van der Waals surface area contributed by atoms with E-state index in [2.05, 4.69) is 12.2 Å². The van der Waals surface area contributed by atoms with E-state index in [0.717, 1.165) is 5.03 Å².